The van der Waals surface area contributed by atoms with E-state index in [1.807, 2.05) is 0 Å². The molecular formula is C11H18BrN3. The van der Waals surface area contributed by atoms with Crippen molar-refractivity contribution in [1.29, 1.82) is 0 Å². The fraction of sp³-hybridized carbons (Fsp3) is 0.727. The van der Waals surface area contributed by atoms with Crippen LogP contribution in [0.25, 0.3) is 0 Å². The molecule has 0 radical (unpaired) electrons. The minimum atomic E-state index is 0.460. The van der Waals surface area contributed by atoms with E-state index in [0.717, 1.165) is 22.4 Å². The van der Waals surface area contributed by atoms with E-state index in [2.05, 4.69) is 58.7 Å². The molecule has 3 nitrogen and oxygen atoms in total. The minimum Gasteiger partial charge on any atom is -0.367 e. The normalized spacial score (nSPS) is 25.2. The highest BCUT2D eigenvalue weighted by atomic mass is 79.9. The first-order chi connectivity index (χ1) is 7.00. The van der Waals surface area contributed by atoms with Crippen molar-refractivity contribution in [2.75, 3.05) is 5.32 Å². The number of rotatable bonds is 1. The van der Waals surface area contributed by atoms with Crippen molar-refractivity contribution in [2.45, 2.75) is 52.1 Å². The zero-order valence-corrected chi connectivity index (χ0v) is 11.3. The molecule has 0 saturated carbocycles. The van der Waals surface area contributed by atoms with Crippen LogP contribution < -0.4 is 5.32 Å². The van der Waals surface area contributed by atoms with Gasteiger partial charge in [0.2, 0.25) is 0 Å². The number of aromatic nitrogens is 2. The molecule has 15 heavy (non-hydrogen) atoms. The largest absolute Gasteiger partial charge is 0.367 e. The first kappa shape index (κ1) is 11.0. The summed E-state index contributed by atoms with van der Waals surface area (Å²) >= 11 is 3.65. The highest BCUT2D eigenvalue weighted by Gasteiger charge is 2.26. The maximum absolute atomic E-state index is 4.67. The van der Waals surface area contributed by atoms with E-state index in [-0.39, 0.29) is 0 Å². The van der Waals surface area contributed by atoms with Crippen molar-refractivity contribution in [1.82, 2.24) is 9.78 Å². The topological polar surface area (TPSA) is 29.9 Å². The number of hydrogen-bond acceptors (Lipinski definition) is 2. The van der Waals surface area contributed by atoms with Crippen LogP contribution in [0.1, 0.15) is 51.8 Å². The van der Waals surface area contributed by atoms with Crippen LogP contribution in [0.4, 0.5) is 5.82 Å². The zero-order chi connectivity index (χ0) is 11.2. The molecule has 1 aliphatic rings. The smallest absolute Gasteiger partial charge is 0.139 e. The summed E-state index contributed by atoms with van der Waals surface area (Å²) in [6.45, 7) is 8.79. The van der Waals surface area contributed by atoms with Crippen LogP contribution in [0, 0.1) is 0 Å². The fourth-order valence-corrected chi connectivity index (χ4v) is 2.99. The summed E-state index contributed by atoms with van der Waals surface area (Å²) < 4.78 is 3.25. The van der Waals surface area contributed by atoms with Crippen molar-refractivity contribution < 1.29 is 0 Å². The molecule has 0 amide bonds. The SMILES string of the molecule is CC1CC(C)n2nc(C(C)C)c(Br)c2N1. The van der Waals surface area contributed by atoms with E-state index in [4.69, 9.17) is 0 Å². The molecule has 1 N–H and O–H groups in total. The predicted octanol–water partition coefficient (Wildman–Crippen LogP) is 3.53. The molecule has 2 atom stereocenters. The number of nitrogens with zero attached hydrogens (tertiary/aromatic N) is 2. The van der Waals surface area contributed by atoms with Gasteiger partial charge in [0.05, 0.1) is 16.2 Å². The molecule has 0 fully saturated rings. The van der Waals surface area contributed by atoms with Crippen LogP contribution in [0.3, 0.4) is 0 Å². The van der Waals surface area contributed by atoms with Crippen LogP contribution in [0.2, 0.25) is 0 Å². The lowest BCUT2D eigenvalue weighted by Crippen LogP contribution is -2.28. The van der Waals surface area contributed by atoms with Crippen LogP contribution in [-0.2, 0) is 0 Å². The lowest BCUT2D eigenvalue weighted by molar-refractivity contribution is 0.410. The van der Waals surface area contributed by atoms with Gasteiger partial charge >= 0.3 is 0 Å². The average Bonchev–Trinajstić information content (AvgIpc) is 2.44. The van der Waals surface area contributed by atoms with Crippen molar-refractivity contribution in [3.8, 4) is 0 Å². The number of anilines is 1. The van der Waals surface area contributed by atoms with Gasteiger partial charge in [-0.25, -0.2) is 4.68 Å². The standard InChI is InChI=1S/C11H18BrN3/c1-6(2)10-9(12)11-13-7(3)5-8(4)15(11)14-10/h6-8,13H,5H2,1-4H3. The summed E-state index contributed by atoms with van der Waals surface area (Å²) in [6, 6.07) is 1.01. The Morgan fingerprint density at radius 1 is 1.47 bits per heavy atom. The number of hydrogen-bond donors (Lipinski definition) is 1. The molecule has 1 aromatic rings. The Bertz CT molecular complexity index is 370. The molecule has 2 heterocycles. The fourth-order valence-electron chi connectivity index (χ4n) is 2.15. The molecule has 0 aromatic carbocycles. The lowest BCUT2D eigenvalue weighted by Gasteiger charge is -2.28. The first-order valence-electron chi connectivity index (χ1n) is 5.55. The molecule has 0 saturated heterocycles. The zero-order valence-electron chi connectivity index (χ0n) is 9.71. The summed E-state index contributed by atoms with van der Waals surface area (Å²) in [7, 11) is 0. The van der Waals surface area contributed by atoms with Crippen LogP contribution in [0.15, 0.2) is 4.47 Å². The van der Waals surface area contributed by atoms with Gasteiger partial charge in [0.25, 0.3) is 0 Å². The van der Waals surface area contributed by atoms with E-state index in [0.29, 0.717) is 18.0 Å². The molecule has 1 aliphatic heterocycles. The van der Waals surface area contributed by atoms with Crippen molar-refractivity contribution in [2.24, 2.45) is 0 Å². The average molecular weight is 272 g/mol. The van der Waals surface area contributed by atoms with E-state index in [1.165, 1.54) is 0 Å². The van der Waals surface area contributed by atoms with Crippen LogP contribution in [-0.4, -0.2) is 15.8 Å². The second kappa shape index (κ2) is 3.81. The van der Waals surface area contributed by atoms with Crippen molar-refractivity contribution in [3.63, 3.8) is 0 Å². The summed E-state index contributed by atoms with van der Waals surface area (Å²) in [5, 5.41) is 8.16. The van der Waals surface area contributed by atoms with Crippen LogP contribution >= 0.6 is 15.9 Å². The lowest BCUT2D eigenvalue weighted by atomic mass is 10.1. The van der Waals surface area contributed by atoms with Crippen LogP contribution in [0.5, 0.6) is 0 Å². The van der Waals surface area contributed by atoms with E-state index in [1.54, 1.807) is 0 Å². The van der Waals surface area contributed by atoms with Gasteiger partial charge < -0.3 is 5.32 Å². The second-order valence-electron chi connectivity index (χ2n) is 4.78. The summed E-state index contributed by atoms with van der Waals surface area (Å²) in [6.07, 6.45) is 1.14. The van der Waals surface area contributed by atoms with E-state index >= 15 is 0 Å². The molecule has 2 rings (SSSR count). The Morgan fingerprint density at radius 2 is 2.13 bits per heavy atom. The number of fused-ring (bicyclic) bond motifs is 1. The summed E-state index contributed by atoms with van der Waals surface area (Å²) in [5.74, 6) is 1.60. The molecular weight excluding hydrogens is 254 g/mol. The first-order valence-corrected chi connectivity index (χ1v) is 6.34. The molecule has 0 bridgehead atoms. The maximum atomic E-state index is 4.67. The molecule has 1 aromatic heterocycles. The second-order valence-corrected chi connectivity index (χ2v) is 5.57. The Kier molecular flexibility index (Phi) is 2.79. The maximum Gasteiger partial charge on any atom is 0.139 e. The Labute approximate surface area is 99.4 Å². The monoisotopic (exact) mass is 271 g/mol. The third kappa shape index (κ3) is 1.80. The highest BCUT2D eigenvalue weighted by molar-refractivity contribution is 9.10. The van der Waals surface area contributed by atoms with Crippen molar-refractivity contribution >= 4 is 21.7 Å². The molecule has 84 valence electrons. The predicted molar refractivity (Wildman–Crippen MR) is 66.4 cm³/mol. The van der Waals surface area contributed by atoms with Gasteiger partial charge in [0.1, 0.15) is 5.82 Å². The molecule has 2 unspecified atom stereocenters. The van der Waals surface area contributed by atoms with Gasteiger partial charge in [0, 0.05) is 6.04 Å². The third-order valence-electron chi connectivity index (χ3n) is 2.92. The quantitative estimate of drug-likeness (QED) is 0.847. The van der Waals surface area contributed by atoms with E-state index < -0.39 is 0 Å². The molecule has 0 spiro atoms. The minimum absolute atomic E-state index is 0.460. The van der Waals surface area contributed by atoms with Gasteiger partial charge in [-0.05, 0) is 42.1 Å². The molecule has 0 aliphatic carbocycles. The summed E-state index contributed by atoms with van der Waals surface area (Å²) in [4.78, 5) is 0. The van der Waals surface area contributed by atoms with Gasteiger partial charge in [-0.2, -0.15) is 5.10 Å². The number of halogens is 1. The highest BCUT2D eigenvalue weighted by Crippen LogP contribution is 2.37. The Hall–Kier alpha value is -0.510. The van der Waals surface area contributed by atoms with Gasteiger partial charge in [-0.1, -0.05) is 13.8 Å². The summed E-state index contributed by atoms with van der Waals surface area (Å²) in [5.41, 5.74) is 1.15. The third-order valence-corrected chi connectivity index (χ3v) is 3.70. The number of nitrogens with one attached hydrogen (secondary N) is 1. The van der Waals surface area contributed by atoms with Gasteiger partial charge in [-0.3, -0.25) is 0 Å². The molecule has 4 heteroatoms. The van der Waals surface area contributed by atoms with Crippen molar-refractivity contribution in [3.05, 3.63) is 10.2 Å². The Morgan fingerprint density at radius 3 is 2.73 bits per heavy atom. The van der Waals surface area contributed by atoms with E-state index in [9.17, 15) is 0 Å². The Balaban J connectivity index is 2.47. The van der Waals surface area contributed by atoms with Gasteiger partial charge in [-0.15, -0.1) is 0 Å². The van der Waals surface area contributed by atoms with Gasteiger partial charge in [0.15, 0.2) is 0 Å².